The first-order chi connectivity index (χ1) is 10.1. The maximum atomic E-state index is 12.2. The van der Waals surface area contributed by atoms with Crippen LogP contribution in [0.4, 0.5) is 0 Å². The Hall–Kier alpha value is -0.850. The van der Waals surface area contributed by atoms with Crippen LogP contribution in [0.25, 0.3) is 0 Å². The van der Waals surface area contributed by atoms with Crippen molar-refractivity contribution >= 4 is 29.9 Å². The number of carbonyl (C=O) groups excluding carboxylic acids is 1. The molecular weight excluding hydrogens is 325 g/mol. The van der Waals surface area contributed by atoms with E-state index < -0.39 is 6.04 Å². The van der Waals surface area contributed by atoms with Gasteiger partial charge in [-0.25, -0.2) is 0 Å². The molecule has 1 saturated heterocycles. The van der Waals surface area contributed by atoms with E-state index in [4.69, 9.17) is 22.1 Å². The summed E-state index contributed by atoms with van der Waals surface area (Å²) in [5, 5.41) is 0.695. The quantitative estimate of drug-likeness (QED) is 0.874. The first kappa shape index (κ1) is 19.2. The number of benzene rings is 1. The van der Waals surface area contributed by atoms with Crippen molar-refractivity contribution in [2.45, 2.75) is 12.6 Å². The SMILES string of the molecule is CN1CCN(C(=O)[C@@H](N)COCc2ccc(Cl)cc2)CC1.Cl. The molecule has 1 aromatic rings. The van der Waals surface area contributed by atoms with E-state index in [-0.39, 0.29) is 24.9 Å². The second kappa shape index (κ2) is 9.33. The highest BCUT2D eigenvalue weighted by Crippen LogP contribution is 2.10. The standard InChI is InChI=1S/C15H22ClN3O2.ClH/c1-18-6-8-19(9-7-18)15(20)14(17)11-21-10-12-2-4-13(16)5-3-12;/h2-5,14H,6-11,17H2,1H3;1H/t14-;/m0./s1. The predicted octanol–water partition coefficient (Wildman–Crippen LogP) is 1.38. The molecule has 7 heteroatoms. The molecule has 22 heavy (non-hydrogen) atoms. The Morgan fingerprint density at radius 1 is 1.27 bits per heavy atom. The summed E-state index contributed by atoms with van der Waals surface area (Å²) in [5.41, 5.74) is 6.93. The normalized spacial score (nSPS) is 17.0. The van der Waals surface area contributed by atoms with Crippen LogP contribution in [0.3, 0.4) is 0 Å². The third kappa shape index (κ3) is 5.74. The van der Waals surface area contributed by atoms with E-state index in [9.17, 15) is 4.79 Å². The maximum Gasteiger partial charge on any atom is 0.241 e. The van der Waals surface area contributed by atoms with Crippen molar-refractivity contribution in [2.24, 2.45) is 5.73 Å². The minimum atomic E-state index is -0.597. The molecule has 0 radical (unpaired) electrons. The fourth-order valence-corrected chi connectivity index (χ4v) is 2.34. The van der Waals surface area contributed by atoms with Crippen LogP contribution in [-0.2, 0) is 16.1 Å². The molecule has 2 N–H and O–H groups in total. The first-order valence-electron chi connectivity index (χ1n) is 7.11. The third-order valence-corrected chi connectivity index (χ3v) is 3.86. The average molecular weight is 348 g/mol. The zero-order valence-corrected chi connectivity index (χ0v) is 14.3. The van der Waals surface area contributed by atoms with Gasteiger partial charge in [-0.1, -0.05) is 23.7 Å². The van der Waals surface area contributed by atoms with Gasteiger partial charge in [0.1, 0.15) is 6.04 Å². The van der Waals surface area contributed by atoms with Crippen molar-refractivity contribution in [3.05, 3.63) is 34.9 Å². The number of nitrogens with zero attached hydrogens (tertiary/aromatic N) is 2. The van der Waals surface area contributed by atoms with Gasteiger partial charge in [0.15, 0.2) is 0 Å². The lowest BCUT2D eigenvalue weighted by Crippen LogP contribution is -2.53. The lowest BCUT2D eigenvalue weighted by molar-refractivity contribution is -0.135. The Morgan fingerprint density at radius 3 is 2.45 bits per heavy atom. The fraction of sp³-hybridized carbons (Fsp3) is 0.533. The van der Waals surface area contributed by atoms with Crippen LogP contribution in [0.1, 0.15) is 5.56 Å². The van der Waals surface area contributed by atoms with Crippen molar-refractivity contribution in [2.75, 3.05) is 39.8 Å². The minimum absolute atomic E-state index is 0. The molecule has 1 aliphatic rings. The molecule has 1 heterocycles. The molecule has 1 fully saturated rings. The van der Waals surface area contributed by atoms with E-state index in [2.05, 4.69) is 11.9 Å². The van der Waals surface area contributed by atoms with Gasteiger partial charge in [0, 0.05) is 31.2 Å². The molecule has 0 aliphatic carbocycles. The second-order valence-corrected chi connectivity index (χ2v) is 5.81. The Kier molecular flexibility index (Phi) is 8.14. The van der Waals surface area contributed by atoms with Crippen molar-refractivity contribution in [3.8, 4) is 0 Å². The zero-order valence-electron chi connectivity index (χ0n) is 12.7. The second-order valence-electron chi connectivity index (χ2n) is 5.38. The molecule has 2 rings (SSSR count). The fourth-order valence-electron chi connectivity index (χ4n) is 2.22. The van der Waals surface area contributed by atoms with Crippen LogP contribution in [-0.4, -0.2) is 61.6 Å². The highest BCUT2D eigenvalue weighted by atomic mass is 35.5. The Labute approximate surface area is 142 Å². The van der Waals surface area contributed by atoms with Crippen molar-refractivity contribution < 1.29 is 9.53 Å². The maximum absolute atomic E-state index is 12.2. The number of likely N-dealkylation sites (N-methyl/N-ethyl adjacent to an activating group) is 1. The van der Waals surface area contributed by atoms with E-state index in [0.717, 1.165) is 31.7 Å². The Bertz CT molecular complexity index is 462. The number of piperazine rings is 1. The average Bonchev–Trinajstić information content (AvgIpc) is 2.49. The molecule has 1 aromatic carbocycles. The van der Waals surface area contributed by atoms with E-state index in [1.165, 1.54) is 0 Å². The minimum Gasteiger partial charge on any atom is -0.375 e. The molecule has 1 atom stereocenters. The van der Waals surface area contributed by atoms with Crippen LogP contribution in [0.5, 0.6) is 0 Å². The number of ether oxygens (including phenoxy) is 1. The van der Waals surface area contributed by atoms with E-state index >= 15 is 0 Å². The number of halogens is 2. The van der Waals surface area contributed by atoms with Gasteiger partial charge in [-0.15, -0.1) is 12.4 Å². The van der Waals surface area contributed by atoms with Gasteiger partial charge < -0.3 is 20.3 Å². The monoisotopic (exact) mass is 347 g/mol. The molecule has 1 amide bonds. The van der Waals surface area contributed by atoms with Gasteiger partial charge >= 0.3 is 0 Å². The van der Waals surface area contributed by atoms with Gasteiger partial charge in [0.25, 0.3) is 0 Å². The van der Waals surface area contributed by atoms with Gasteiger partial charge in [0.2, 0.25) is 5.91 Å². The van der Waals surface area contributed by atoms with Gasteiger partial charge in [0.05, 0.1) is 13.2 Å². The van der Waals surface area contributed by atoms with Crippen LogP contribution in [0, 0.1) is 0 Å². The highest BCUT2D eigenvalue weighted by Gasteiger charge is 2.24. The summed E-state index contributed by atoms with van der Waals surface area (Å²) in [5.74, 6) is -0.0285. The number of hydrogen-bond donors (Lipinski definition) is 1. The predicted molar refractivity (Wildman–Crippen MR) is 90.4 cm³/mol. The van der Waals surface area contributed by atoms with Gasteiger partial charge in [-0.05, 0) is 24.7 Å². The zero-order chi connectivity index (χ0) is 15.2. The number of amides is 1. The summed E-state index contributed by atoms with van der Waals surface area (Å²) in [6.07, 6.45) is 0. The van der Waals surface area contributed by atoms with Crippen LogP contribution in [0.15, 0.2) is 24.3 Å². The molecule has 0 bridgehead atoms. The summed E-state index contributed by atoms with van der Waals surface area (Å²) in [6, 6.07) is 6.83. The number of rotatable bonds is 5. The van der Waals surface area contributed by atoms with Crippen molar-refractivity contribution in [1.29, 1.82) is 0 Å². The Balaban J connectivity index is 0.00000242. The summed E-state index contributed by atoms with van der Waals surface area (Å²) in [4.78, 5) is 16.2. The molecule has 5 nitrogen and oxygen atoms in total. The first-order valence-corrected chi connectivity index (χ1v) is 7.49. The lowest BCUT2D eigenvalue weighted by Gasteiger charge is -2.33. The number of carbonyl (C=O) groups is 1. The molecule has 0 aromatic heterocycles. The summed E-state index contributed by atoms with van der Waals surface area (Å²) >= 11 is 5.82. The van der Waals surface area contributed by atoms with E-state index in [1.807, 2.05) is 29.2 Å². The molecule has 124 valence electrons. The summed E-state index contributed by atoms with van der Waals surface area (Å²) in [6.45, 7) is 3.92. The summed E-state index contributed by atoms with van der Waals surface area (Å²) < 4.78 is 5.53. The van der Waals surface area contributed by atoms with E-state index in [1.54, 1.807) is 0 Å². The topological polar surface area (TPSA) is 58.8 Å². The molecule has 0 unspecified atom stereocenters. The number of nitrogens with two attached hydrogens (primary N) is 1. The van der Waals surface area contributed by atoms with Gasteiger partial charge in [-0.2, -0.15) is 0 Å². The molecular formula is C15H23Cl2N3O2. The smallest absolute Gasteiger partial charge is 0.241 e. The lowest BCUT2D eigenvalue weighted by atomic mass is 10.2. The van der Waals surface area contributed by atoms with E-state index in [0.29, 0.717) is 11.6 Å². The Morgan fingerprint density at radius 2 is 1.86 bits per heavy atom. The van der Waals surface area contributed by atoms with Crippen LogP contribution in [0.2, 0.25) is 5.02 Å². The molecule has 0 saturated carbocycles. The number of hydrogen-bond acceptors (Lipinski definition) is 4. The van der Waals surface area contributed by atoms with Crippen molar-refractivity contribution in [3.63, 3.8) is 0 Å². The third-order valence-electron chi connectivity index (χ3n) is 3.61. The van der Waals surface area contributed by atoms with Crippen LogP contribution < -0.4 is 5.73 Å². The van der Waals surface area contributed by atoms with Gasteiger partial charge in [-0.3, -0.25) is 4.79 Å². The highest BCUT2D eigenvalue weighted by molar-refractivity contribution is 6.30. The van der Waals surface area contributed by atoms with Crippen molar-refractivity contribution in [1.82, 2.24) is 9.80 Å². The summed E-state index contributed by atoms with van der Waals surface area (Å²) in [7, 11) is 2.05. The van der Waals surface area contributed by atoms with Crippen LogP contribution >= 0.6 is 24.0 Å². The molecule has 1 aliphatic heterocycles. The largest absolute Gasteiger partial charge is 0.375 e. The molecule has 0 spiro atoms.